The minimum absolute atomic E-state index is 0. The van der Waals surface area contributed by atoms with Crippen molar-refractivity contribution < 1.29 is 14.6 Å². The summed E-state index contributed by atoms with van der Waals surface area (Å²) in [6.45, 7) is 6.21. The van der Waals surface area contributed by atoms with E-state index in [0.29, 0.717) is 6.61 Å². The maximum Gasteiger partial charge on any atom is 0.320 e. The van der Waals surface area contributed by atoms with Crippen LogP contribution in [0.3, 0.4) is 0 Å². The van der Waals surface area contributed by atoms with Crippen molar-refractivity contribution in [2.45, 2.75) is 38.8 Å². The van der Waals surface area contributed by atoms with Gasteiger partial charge in [-0.1, -0.05) is 0 Å². The fourth-order valence-electron chi connectivity index (χ4n) is 1.78. The van der Waals surface area contributed by atoms with Gasteiger partial charge >= 0.3 is 5.97 Å². The molecule has 90 valence electrons. The lowest BCUT2D eigenvalue weighted by atomic mass is 10.2. The summed E-state index contributed by atoms with van der Waals surface area (Å²) in [6, 6.07) is -0.286. The van der Waals surface area contributed by atoms with E-state index in [9.17, 15) is 4.79 Å². The van der Waals surface area contributed by atoms with E-state index < -0.39 is 5.97 Å². The zero-order chi connectivity index (χ0) is 10.6. The maximum absolute atomic E-state index is 10.8. The number of hydrogen-bond acceptors (Lipinski definition) is 3. The zero-order valence-electron chi connectivity index (χ0n) is 9.31. The Hall–Kier alpha value is -0.320. The Kier molecular flexibility index (Phi) is 6.89. The molecule has 1 rings (SSSR count). The fourth-order valence-corrected chi connectivity index (χ4v) is 1.78. The van der Waals surface area contributed by atoms with Crippen molar-refractivity contribution in [3.63, 3.8) is 0 Å². The molecule has 0 aromatic rings. The fraction of sp³-hybridized carbons (Fsp3) is 0.900. The molecule has 1 saturated heterocycles. The van der Waals surface area contributed by atoms with E-state index in [4.69, 9.17) is 9.84 Å². The summed E-state index contributed by atoms with van der Waals surface area (Å²) in [5, 5.41) is 8.91. The third kappa shape index (κ3) is 4.82. The van der Waals surface area contributed by atoms with Gasteiger partial charge < -0.3 is 9.84 Å². The summed E-state index contributed by atoms with van der Waals surface area (Å²) in [5.74, 6) is -0.702. The second-order valence-electron chi connectivity index (χ2n) is 3.95. The van der Waals surface area contributed by atoms with Crippen molar-refractivity contribution in [3.05, 3.63) is 0 Å². The highest BCUT2D eigenvalue weighted by molar-refractivity contribution is 5.85. The Morgan fingerprint density at radius 1 is 1.60 bits per heavy atom. The number of rotatable bonds is 5. The second-order valence-corrected chi connectivity index (χ2v) is 3.95. The van der Waals surface area contributed by atoms with Gasteiger partial charge in [0.15, 0.2) is 0 Å². The number of ether oxygens (including phenoxy) is 1. The molecule has 4 nitrogen and oxygen atoms in total. The predicted octanol–water partition coefficient (Wildman–Crippen LogP) is 1.38. The number of aliphatic carboxylic acids is 1. The number of likely N-dealkylation sites (tertiary alicyclic amines) is 1. The predicted molar refractivity (Wildman–Crippen MR) is 60.6 cm³/mol. The first-order chi connectivity index (χ1) is 6.61. The van der Waals surface area contributed by atoms with E-state index in [-0.39, 0.29) is 24.6 Å². The van der Waals surface area contributed by atoms with Crippen LogP contribution in [0.25, 0.3) is 0 Å². The third-order valence-corrected chi connectivity index (χ3v) is 2.48. The molecule has 0 amide bonds. The lowest BCUT2D eigenvalue weighted by molar-refractivity contribution is -0.142. The van der Waals surface area contributed by atoms with Crippen LogP contribution in [-0.4, -0.2) is 47.8 Å². The van der Waals surface area contributed by atoms with E-state index in [1.165, 1.54) is 0 Å². The van der Waals surface area contributed by atoms with Crippen LogP contribution in [0.5, 0.6) is 0 Å². The van der Waals surface area contributed by atoms with E-state index in [2.05, 4.69) is 0 Å². The number of hydrogen-bond donors (Lipinski definition) is 1. The molecule has 1 unspecified atom stereocenters. The first-order valence-corrected chi connectivity index (χ1v) is 5.19. The molecular weight excluding hydrogens is 218 g/mol. The van der Waals surface area contributed by atoms with E-state index in [1.54, 1.807) is 0 Å². The Bertz CT molecular complexity index is 199. The van der Waals surface area contributed by atoms with Crippen LogP contribution in [0, 0.1) is 0 Å². The monoisotopic (exact) mass is 237 g/mol. The third-order valence-electron chi connectivity index (χ3n) is 2.48. The summed E-state index contributed by atoms with van der Waals surface area (Å²) in [4.78, 5) is 12.8. The first-order valence-electron chi connectivity index (χ1n) is 5.19. The molecule has 0 spiro atoms. The summed E-state index contributed by atoms with van der Waals surface area (Å²) in [6.07, 6.45) is 1.98. The van der Waals surface area contributed by atoms with Crippen molar-refractivity contribution in [1.82, 2.24) is 4.90 Å². The van der Waals surface area contributed by atoms with Crippen molar-refractivity contribution >= 4 is 18.4 Å². The highest BCUT2D eigenvalue weighted by atomic mass is 35.5. The first kappa shape index (κ1) is 14.7. The van der Waals surface area contributed by atoms with Crippen molar-refractivity contribution in [2.75, 3.05) is 19.7 Å². The smallest absolute Gasteiger partial charge is 0.320 e. The molecule has 0 bridgehead atoms. The molecule has 0 radical (unpaired) electrons. The van der Waals surface area contributed by atoms with Gasteiger partial charge in [0.1, 0.15) is 6.04 Å². The van der Waals surface area contributed by atoms with Crippen molar-refractivity contribution in [2.24, 2.45) is 0 Å². The maximum atomic E-state index is 10.8. The molecular formula is C10H20ClNO3. The molecule has 0 aromatic heterocycles. The van der Waals surface area contributed by atoms with Gasteiger partial charge in [-0.05, 0) is 33.2 Å². The van der Waals surface area contributed by atoms with Crippen molar-refractivity contribution in [1.29, 1.82) is 0 Å². The van der Waals surface area contributed by atoms with Gasteiger partial charge in [0.05, 0.1) is 12.7 Å². The molecule has 0 aromatic carbocycles. The molecule has 0 aliphatic carbocycles. The van der Waals surface area contributed by atoms with Gasteiger partial charge in [-0.25, -0.2) is 0 Å². The second kappa shape index (κ2) is 7.04. The van der Waals surface area contributed by atoms with Crippen LogP contribution in [0.2, 0.25) is 0 Å². The molecule has 1 aliphatic heterocycles. The van der Waals surface area contributed by atoms with E-state index >= 15 is 0 Å². The van der Waals surface area contributed by atoms with Crippen LogP contribution < -0.4 is 0 Å². The number of nitrogens with zero attached hydrogens (tertiary/aromatic N) is 1. The van der Waals surface area contributed by atoms with E-state index in [1.807, 2.05) is 18.7 Å². The van der Waals surface area contributed by atoms with Crippen LogP contribution in [0.15, 0.2) is 0 Å². The van der Waals surface area contributed by atoms with Gasteiger partial charge in [-0.3, -0.25) is 9.69 Å². The molecule has 1 fully saturated rings. The lowest BCUT2D eigenvalue weighted by Crippen LogP contribution is -2.38. The van der Waals surface area contributed by atoms with Crippen molar-refractivity contribution in [3.8, 4) is 0 Å². The average Bonchev–Trinajstić information content (AvgIpc) is 2.51. The molecule has 0 saturated carbocycles. The molecule has 5 heteroatoms. The van der Waals surface area contributed by atoms with Gasteiger partial charge in [0.2, 0.25) is 0 Å². The minimum atomic E-state index is -0.702. The minimum Gasteiger partial charge on any atom is -0.480 e. The Labute approximate surface area is 97.0 Å². The molecule has 1 N–H and O–H groups in total. The average molecular weight is 238 g/mol. The standard InChI is InChI=1S/C10H19NO3.ClH/c1-8(2)14-7-6-11-5-3-4-9(11)10(12)13;/h8-9H,3-7H2,1-2H3,(H,12,13);1H. The van der Waals surface area contributed by atoms with Gasteiger partial charge in [0.25, 0.3) is 0 Å². The zero-order valence-corrected chi connectivity index (χ0v) is 10.1. The van der Waals surface area contributed by atoms with E-state index in [0.717, 1.165) is 25.9 Å². The van der Waals surface area contributed by atoms with Crippen LogP contribution >= 0.6 is 12.4 Å². The topological polar surface area (TPSA) is 49.8 Å². The summed E-state index contributed by atoms with van der Waals surface area (Å²) in [7, 11) is 0. The number of carboxylic acids is 1. The Balaban J connectivity index is 0.00000196. The largest absolute Gasteiger partial charge is 0.480 e. The summed E-state index contributed by atoms with van der Waals surface area (Å²) in [5.41, 5.74) is 0. The molecule has 15 heavy (non-hydrogen) atoms. The highest BCUT2D eigenvalue weighted by Crippen LogP contribution is 2.16. The van der Waals surface area contributed by atoms with Gasteiger partial charge in [-0.2, -0.15) is 0 Å². The Morgan fingerprint density at radius 3 is 2.80 bits per heavy atom. The van der Waals surface area contributed by atoms with Crippen LogP contribution in [0.1, 0.15) is 26.7 Å². The Morgan fingerprint density at radius 2 is 2.27 bits per heavy atom. The summed E-state index contributed by atoms with van der Waals surface area (Å²) >= 11 is 0. The van der Waals surface area contributed by atoms with Gasteiger partial charge in [-0.15, -0.1) is 12.4 Å². The number of carbonyl (C=O) groups is 1. The SMILES string of the molecule is CC(C)OCCN1CCCC1C(=O)O.Cl. The quantitative estimate of drug-likeness (QED) is 0.785. The molecule has 1 aliphatic rings. The highest BCUT2D eigenvalue weighted by Gasteiger charge is 2.29. The normalized spacial score (nSPS) is 21.7. The van der Waals surface area contributed by atoms with Crippen LogP contribution in [-0.2, 0) is 9.53 Å². The molecule has 1 atom stereocenters. The molecule has 1 heterocycles. The number of halogens is 1. The summed E-state index contributed by atoms with van der Waals surface area (Å²) < 4.78 is 5.40. The lowest BCUT2D eigenvalue weighted by Gasteiger charge is -2.21. The van der Waals surface area contributed by atoms with Gasteiger partial charge in [0, 0.05) is 6.54 Å². The number of carboxylic acid groups (broad SMARTS) is 1. The van der Waals surface area contributed by atoms with Crippen LogP contribution in [0.4, 0.5) is 0 Å².